The first kappa shape index (κ1) is 13.1. The molecule has 0 amide bonds. The van der Waals surface area contributed by atoms with Crippen LogP contribution in [0.1, 0.15) is 11.1 Å². The van der Waals surface area contributed by atoms with Gasteiger partial charge in [0.15, 0.2) is 0 Å². The molecule has 0 fully saturated rings. The smallest absolute Gasteiger partial charge is 0.134 e. The molecule has 94 valence electrons. The molecule has 18 heavy (non-hydrogen) atoms. The number of hydrogen-bond acceptors (Lipinski definition) is 2. The van der Waals surface area contributed by atoms with Gasteiger partial charge in [-0.15, -0.1) is 0 Å². The highest BCUT2D eigenvalue weighted by Crippen LogP contribution is 2.26. The fourth-order valence-electron chi connectivity index (χ4n) is 1.66. The van der Waals surface area contributed by atoms with Gasteiger partial charge in [0.25, 0.3) is 0 Å². The van der Waals surface area contributed by atoms with Gasteiger partial charge in [0.1, 0.15) is 5.75 Å². The Morgan fingerprint density at radius 3 is 2.61 bits per heavy atom. The van der Waals surface area contributed by atoms with Crippen molar-refractivity contribution >= 4 is 28.9 Å². The third-order valence-electron chi connectivity index (χ3n) is 2.76. The molecular weight excluding hydrogens is 269 g/mol. The van der Waals surface area contributed by atoms with Crippen molar-refractivity contribution in [3.8, 4) is 5.75 Å². The molecule has 4 heteroatoms. The SMILES string of the molecule is Cc1c(Cl)cccc1NCc1ccc(O)c(Cl)c1. The molecule has 2 N–H and O–H groups in total. The Kier molecular flexibility index (Phi) is 4.00. The topological polar surface area (TPSA) is 32.3 Å². The summed E-state index contributed by atoms with van der Waals surface area (Å²) in [4.78, 5) is 0. The van der Waals surface area contributed by atoms with E-state index in [0.29, 0.717) is 11.6 Å². The number of nitrogens with one attached hydrogen (secondary N) is 1. The minimum absolute atomic E-state index is 0.0966. The Hall–Kier alpha value is -1.38. The largest absolute Gasteiger partial charge is 0.506 e. The Morgan fingerprint density at radius 1 is 1.11 bits per heavy atom. The predicted octanol–water partition coefficient (Wildman–Crippen LogP) is 4.62. The summed E-state index contributed by atoms with van der Waals surface area (Å²) in [5.41, 5.74) is 3.01. The summed E-state index contributed by atoms with van der Waals surface area (Å²) in [6.45, 7) is 2.59. The van der Waals surface area contributed by atoms with Gasteiger partial charge in [0.2, 0.25) is 0 Å². The monoisotopic (exact) mass is 281 g/mol. The molecule has 0 heterocycles. The number of phenols is 1. The predicted molar refractivity (Wildman–Crippen MR) is 76.6 cm³/mol. The summed E-state index contributed by atoms with van der Waals surface area (Å²) in [5.74, 6) is 0.0966. The van der Waals surface area contributed by atoms with Crippen molar-refractivity contribution < 1.29 is 5.11 Å². The second-order valence-electron chi connectivity index (χ2n) is 4.05. The molecule has 0 saturated heterocycles. The van der Waals surface area contributed by atoms with Gasteiger partial charge < -0.3 is 10.4 Å². The molecular formula is C14H13Cl2NO. The van der Waals surface area contributed by atoms with E-state index in [2.05, 4.69) is 5.32 Å². The molecule has 2 aromatic rings. The number of phenolic OH excluding ortho intramolecular Hbond substituents is 1. The van der Waals surface area contributed by atoms with Gasteiger partial charge in [-0.05, 0) is 42.3 Å². The van der Waals surface area contributed by atoms with Gasteiger partial charge in [-0.1, -0.05) is 35.3 Å². The normalized spacial score (nSPS) is 10.4. The lowest BCUT2D eigenvalue weighted by Gasteiger charge is -2.11. The van der Waals surface area contributed by atoms with Gasteiger partial charge in [-0.3, -0.25) is 0 Å². The number of halogens is 2. The molecule has 0 aliphatic carbocycles. The van der Waals surface area contributed by atoms with Gasteiger partial charge in [0, 0.05) is 17.3 Å². The van der Waals surface area contributed by atoms with Crippen LogP contribution >= 0.6 is 23.2 Å². The quantitative estimate of drug-likeness (QED) is 0.861. The number of rotatable bonds is 3. The highest BCUT2D eigenvalue weighted by Gasteiger charge is 2.03. The highest BCUT2D eigenvalue weighted by atomic mass is 35.5. The van der Waals surface area contributed by atoms with Crippen molar-refractivity contribution in [2.45, 2.75) is 13.5 Å². The lowest BCUT2D eigenvalue weighted by Crippen LogP contribution is -2.01. The van der Waals surface area contributed by atoms with E-state index >= 15 is 0 Å². The first-order valence-corrected chi connectivity index (χ1v) is 6.30. The fraction of sp³-hybridized carbons (Fsp3) is 0.143. The molecule has 2 rings (SSSR count). The van der Waals surface area contributed by atoms with Gasteiger partial charge in [-0.25, -0.2) is 0 Å². The van der Waals surface area contributed by atoms with Crippen LogP contribution in [0.15, 0.2) is 36.4 Å². The van der Waals surface area contributed by atoms with Gasteiger partial charge in [-0.2, -0.15) is 0 Å². The molecule has 0 aliphatic heterocycles. The number of anilines is 1. The Labute approximate surface area is 116 Å². The molecule has 0 spiro atoms. The molecule has 2 aromatic carbocycles. The van der Waals surface area contributed by atoms with Crippen LogP contribution in [0.2, 0.25) is 10.0 Å². The second-order valence-corrected chi connectivity index (χ2v) is 4.87. The van der Waals surface area contributed by atoms with E-state index in [0.717, 1.165) is 21.8 Å². The van der Waals surface area contributed by atoms with E-state index in [-0.39, 0.29) is 5.75 Å². The van der Waals surface area contributed by atoms with Gasteiger partial charge >= 0.3 is 0 Å². The molecule has 0 unspecified atom stereocenters. The van der Waals surface area contributed by atoms with Crippen molar-refractivity contribution in [1.29, 1.82) is 0 Å². The zero-order valence-corrected chi connectivity index (χ0v) is 11.4. The molecule has 0 saturated carbocycles. The third kappa shape index (κ3) is 2.89. The summed E-state index contributed by atoms with van der Waals surface area (Å²) in [6, 6.07) is 10.9. The van der Waals surface area contributed by atoms with E-state index in [1.165, 1.54) is 0 Å². The summed E-state index contributed by atoms with van der Waals surface area (Å²) in [7, 11) is 0. The van der Waals surface area contributed by atoms with Crippen molar-refractivity contribution in [3.05, 3.63) is 57.6 Å². The van der Waals surface area contributed by atoms with Crippen LogP contribution in [0.4, 0.5) is 5.69 Å². The van der Waals surface area contributed by atoms with Crippen molar-refractivity contribution in [1.82, 2.24) is 0 Å². The second kappa shape index (κ2) is 5.51. The minimum atomic E-state index is 0.0966. The van der Waals surface area contributed by atoms with Crippen molar-refractivity contribution in [3.63, 3.8) is 0 Å². The maximum Gasteiger partial charge on any atom is 0.134 e. The summed E-state index contributed by atoms with van der Waals surface area (Å²) < 4.78 is 0. The summed E-state index contributed by atoms with van der Waals surface area (Å²) >= 11 is 11.9. The van der Waals surface area contributed by atoms with Crippen LogP contribution in [0, 0.1) is 6.92 Å². The Bertz CT molecular complexity index is 570. The average molecular weight is 282 g/mol. The van der Waals surface area contributed by atoms with Crippen LogP contribution in [0.25, 0.3) is 0 Å². The van der Waals surface area contributed by atoms with E-state index in [9.17, 15) is 5.11 Å². The third-order valence-corrected chi connectivity index (χ3v) is 3.47. The van der Waals surface area contributed by atoms with Crippen LogP contribution in [0.3, 0.4) is 0 Å². The standard InChI is InChI=1S/C14H13Cl2NO/c1-9-11(15)3-2-4-13(9)17-8-10-5-6-14(18)12(16)7-10/h2-7,17-18H,8H2,1H3. The Balaban J connectivity index is 2.11. The zero-order valence-electron chi connectivity index (χ0n) is 9.87. The van der Waals surface area contributed by atoms with Crippen LogP contribution in [-0.2, 0) is 6.54 Å². The van der Waals surface area contributed by atoms with E-state index < -0.39 is 0 Å². The first-order chi connectivity index (χ1) is 8.58. The van der Waals surface area contributed by atoms with Crippen LogP contribution in [0.5, 0.6) is 5.75 Å². The van der Waals surface area contributed by atoms with Crippen molar-refractivity contribution in [2.24, 2.45) is 0 Å². The summed E-state index contributed by atoms with van der Waals surface area (Å²) in [6.07, 6.45) is 0. The molecule has 2 nitrogen and oxygen atoms in total. The Morgan fingerprint density at radius 2 is 1.89 bits per heavy atom. The van der Waals surface area contributed by atoms with Gasteiger partial charge in [0.05, 0.1) is 5.02 Å². The molecule has 0 bridgehead atoms. The lowest BCUT2D eigenvalue weighted by atomic mass is 10.1. The molecule has 0 aliphatic rings. The summed E-state index contributed by atoms with van der Waals surface area (Å²) in [5, 5.41) is 13.7. The fourth-order valence-corrected chi connectivity index (χ4v) is 2.03. The number of aromatic hydroxyl groups is 1. The van der Waals surface area contributed by atoms with Crippen LogP contribution in [-0.4, -0.2) is 5.11 Å². The lowest BCUT2D eigenvalue weighted by molar-refractivity contribution is 0.475. The number of hydrogen-bond donors (Lipinski definition) is 2. The minimum Gasteiger partial charge on any atom is -0.506 e. The maximum atomic E-state index is 9.34. The van der Waals surface area contributed by atoms with Crippen molar-refractivity contribution in [2.75, 3.05) is 5.32 Å². The highest BCUT2D eigenvalue weighted by molar-refractivity contribution is 6.32. The van der Waals surface area contributed by atoms with E-state index in [4.69, 9.17) is 23.2 Å². The molecule has 0 radical (unpaired) electrons. The van der Waals surface area contributed by atoms with Crippen LogP contribution < -0.4 is 5.32 Å². The molecule has 0 aromatic heterocycles. The first-order valence-electron chi connectivity index (χ1n) is 5.54. The zero-order chi connectivity index (χ0) is 13.1. The average Bonchev–Trinajstić information content (AvgIpc) is 2.35. The maximum absolute atomic E-state index is 9.34. The van der Waals surface area contributed by atoms with E-state index in [1.54, 1.807) is 12.1 Å². The molecule has 0 atom stereocenters. The number of benzene rings is 2. The van der Waals surface area contributed by atoms with E-state index in [1.807, 2.05) is 31.2 Å².